The lowest BCUT2D eigenvalue weighted by Crippen LogP contribution is -2.13. The molecule has 1 amide bonds. The topological polar surface area (TPSA) is 112 Å². The van der Waals surface area contributed by atoms with Crippen LogP contribution in [0.1, 0.15) is 28.4 Å². The molecular formula is C18H19N5O4. The van der Waals surface area contributed by atoms with Crippen molar-refractivity contribution in [2.75, 3.05) is 12.4 Å². The molecule has 1 N–H and O–H groups in total. The summed E-state index contributed by atoms with van der Waals surface area (Å²) in [4.78, 5) is 23.7. The lowest BCUT2D eigenvalue weighted by atomic mass is 10.2. The van der Waals surface area contributed by atoms with E-state index in [-0.39, 0.29) is 12.3 Å². The van der Waals surface area contributed by atoms with Gasteiger partial charge in [0.15, 0.2) is 0 Å². The van der Waals surface area contributed by atoms with E-state index in [2.05, 4.69) is 25.3 Å². The van der Waals surface area contributed by atoms with E-state index in [1.807, 2.05) is 13.0 Å². The number of carbonyl (C=O) groups excluding carboxylic acids is 2. The summed E-state index contributed by atoms with van der Waals surface area (Å²) in [6.07, 6.45) is 0.459. The Hall–Kier alpha value is -3.49. The standard InChI is InChI=1S/C18H19N5O4/c1-11-9-14(23(2)22-11)17-21-20-16(27-17)8-7-15(24)19-13-6-4-5-12(10-13)18(25)26-3/h4-6,9-10H,7-8H2,1-3H3,(H,19,24). The molecule has 0 saturated heterocycles. The summed E-state index contributed by atoms with van der Waals surface area (Å²) >= 11 is 0. The van der Waals surface area contributed by atoms with Gasteiger partial charge in [-0.2, -0.15) is 5.10 Å². The van der Waals surface area contributed by atoms with Crippen molar-refractivity contribution in [2.45, 2.75) is 19.8 Å². The van der Waals surface area contributed by atoms with Crippen molar-refractivity contribution in [1.29, 1.82) is 0 Å². The van der Waals surface area contributed by atoms with E-state index in [0.717, 1.165) is 11.4 Å². The Bertz CT molecular complexity index is 976. The largest absolute Gasteiger partial charge is 0.465 e. The summed E-state index contributed by atoms with van der Waals surface area (Å²) in [7, 11) is 3.10. The van der Waals surface area contributed by atoms with E-state index < -0.39 is 5.97 Å². The number of esters is 1. The van der Waals surface area contributed by atoms with Gasteiger partial charge in [-0.05, 0) is 31.2 Å². The lowest BCUT2D eigenvalue weighted by molar-refractivity contribution is -0.116. The smallest absolute Gasteiger partial charge is 0.337 e. The van der Waals surface area contributed by atoms with E-state index >= 15 is 0 Å². The zero-order valence-electron chi connectivity index (χ0n) is 15.2. The maximum absolute atomic E-state index is 12.1. The number of nitrogens with one attached hydrogen (secondary N) is 1. The SMILES string of the molecule is COC(=O)c1cccc(NC(=O)CCc2nnc(-c3cc(C)nn3C)o2)c1. The van der Waals surface area contributed by atoms with Crippen molar-refractivity contribution in [3.05, 3.63) is 47.5 Å². The number of nitrogens with zero attached hydrogens (tertiary/aromatic N) is 4. The monoisotopic (exact) mass is 369 g/mol. The highest BCUT2D eigenvalue weighted by molar-refractivity contribution is 5.94. The summed E-state index contributed by atoms with van der Waals surface area (Å²) in [5, 5.41) is 14.9. The van der Waals surface area contributed by atoms with Crippen molar-refractivity contribution >= 4 is 17.6 Å². The molecule has 0 aliphatic carbocycles. The van der Waals surface area contributed by atoms with Gasteiger partial charge in [0.1, 0.15) is 5.69 Å². The summed E-state index contributed by atoms with van der Waals surface area (Å²) in [5.74, 6) is 0.0321. The molecule has 0 fully saturated rings. The quantitative estimate of drug-likeness (QED) is 0.662. The van der Waals surface area contributed by atoms with Gasteiger partial charge in [0, 0.05) is 25.6 Å². The van der Waals surface area contributed by atoms with Gasteiger partial charge in [0.25, 0.3) is 5.89 Å². The Balaban J connectivity index is 1.58. The van der Waals surface area contributed by atoms with E-state index in [4.69, 9.17) is 4.42 Å². The Morgan fingerprint density at radius 1 is 1.26 bits per heavy atom. The average Bonchev–Trinajstić information content (AvgIpc) is 3.25. The van der Waals surface area contributed by atoms with Crippen LogP contribution in [0.4, 0.5) is 5.69 Å². The molecule has 0 atom stereocenters. The third-order valence-electron chi connectivity index (χ3n) is 3.82. The maximum Gasteiger partial charge on any atom is 0.337 e. The minimum atomic E-state index is -0.463. The predicted molar refractivity (Wildman–Crippen MR) is 96.0 cm³/mol. The van der Waals surface area contributed by atoms with Crippen molar-refractivity contribution in [2.24, 2.45) is 7.05 Å². The van der Waals surface area contributed by atoms with Gasteiger partial charge in [-0.3, -0.25) is 9.48 Å². The van der Waals surface area contributed by atoms with Crippen LogP contribution >= 0.6 is 0 Å². The molecule has 27 heavy (non-hydrogen) atoms. The van der Waals surface area contributed by atoms with E-state index in [1.54, 1.807) is 36.0 Å². The van der Waals surface area contributed by atoms with Crippen molar-refractivity contribution in [3.63, 3.8) is 0 Å². The number of ether oxygens (including phenoxy) is 1. The highest BCUT2D eigenvalue weighted by Crippen LogP contribution is 2.19. The first-order chi connectivity index (χ1) is 13.0. The third kappa shape index (κ3) is 4.38. The highest BCUT2D eigenvalue weighted by Gasteiger charge is 2.14. The molecule has 0 aliphatic rings. The molecule has 3 aromatic rings. The van der Waals surface area contributed by atoms with E-state index in [9.17, 15) is 9.59 Å². The van der Waals surface area contributed by atoms with Crippen LogP contribution in [0.15, 0.2) is 34.7 Å². The predicted octanol–water partition coefficient (Wildman–Crippen LogP) is 2.14. The van der Waals surface area contributed by atoms with Crippen LogP contribution in [0.2, 0.25) is 0 Å². The number of anilines is 1. The van der Waals surface area contributed by atoms with Crippen LogP contribution in [0.3, 0.4) is 0 Å². The Morgan fingerprint density at radius 3 is 2.78 bits per heavy atom. The fourth-order valence-corrected chi connectivity index (χ4v) is 2.55. The molecule has 9 heteroatoms. The molecule has 0 bridgehead atoms. The van der Waals surface area contributed by atoms with Crippen LogP contribution in [0.5, 0.6) is 0 Å². The van der Waals surface area contributed by atoms with Gasteiger partial charge in [0.2, 0.25) is 11.8 Å². The number of rotatable bonds is 6. The lowest BCUT2D eigenvalue weighted by Gasteiger charge is -2.06. The van der Waals surface area contributed by atoms with Crippen LogP contribution in [-0.2, 0) is 23.0 Å². The molecule has 2 aromatic heterocycles. The van der Waals surface area contributed by atoms with E-state index in [0.29, 0.717) is 29.5 Å². The molecule has 0 spiro atoms. The second-order valence-electron chi connectivity index (χ2n) is 5.92. The summed E-state index contributed by atoms with van der Waals surface area (Å²) < 4.78 is 11.9. The zero-order chi connectivity index (χ0) is 19.4. The Morgan fingerprint density at radius 2 is 2.07 bits per heavy atom. The van der Waals surface area contributed by atoms with E-state index in [1.165, 1.54) is 7.11 Å². The number of aromatic nitrogens is 4. The number of carbonyl (C=O) groups is 2. The van der Waals surface area contributed by atoms with Crippen molar-refractivity contribution in [1.82, 2.24) is 20.0 Å². The Kier molecular flexibility index (Phi) is 5.30. The molecule has 0 unspecified atom stereocenters. The van der Waals surface area contributed by atoms with Gasteiger partial charge in [-0.15, -0.1) is 10.2 Å². The fourth-order valence-electron chi connectivity index (χ4n) is 2.55. The molecule has 2 heterocycles. The number of hydrogen-bond donors (Lipinski definition) is 1. The van der Waals surface area contributed by atoms with Crippen molar-refractivity contribution < 1.29 is 18.7 Å². The van der Waals surface area contributed by atoms with Gasteiger partial charge in [-0.25, -0.2) is 4.79 Å². The minimum absolute atomic E-state index is 0.161. The molecule has 3 rings (SSSR count). The molecule has 0 aliphatic heterocycles. The van der Waals surface area contributed by atoms with Crippen molar-refractivity contribution in [3.8, 4) is 11.6 Å². The first-order valence-corrected chi connectivity index (χ1v) is 8.28. The number of methoxy groups -OCH3 is 1. The second-order valence-corrected chi connectivity index (χ2v) is 5.92. The summed E-state index contributed by atoms with van der Waals surface area (Å²) in [6.45, 7) is 1.88. The molecule has 140 valence electrons. The number of benzene rings is 1. The number of amides is 1. The molecule has 0 saturated carbocycles. The third-order valence-corrected chi connectivity index (χ3v) is 3.82. The first-order valence-electron chi connectivity index (χ1n) is 8.28. The molecular weight excluding hydrogens is 350 g/mol. The van der Waals surface area contributed by atoms with Crippen LogP contribution < -0.4 is 5.32 Å². The normalized spacial score (nSPS) is 10.6. The number of hydrogen-bond acceptors (Lipinski definition) is 7. The highest BCUT2D eigenvalue weighted by atomic mass is 16.5. The average molecular weight is 369 g/mol. The fraction of sp³-hybridized carbons (Fsp3) is 0.278. The molecule has 1 aromatic carbocycles. The minimum Gasteiger partial charge on any atom is -0.465 e. The van der Waals surface area contributed by atoms with Crippen LogP contribution in [0, 0.1) is 6.92 Å². The van der Waals surface area contributed by atoms with Gasteiger partial charge < -0.3 is 14.5 Å². The first kappa shape index (κ1) is 18.3. The molecule has 9 nitrogen and oxygen atoms in total. The summed E-state index contributed by atoms with van der Waals surface area (Å²) in [5.41, 5.74) is 2.44. The van der Waals surface area contributed by atoms with Crippen LogP contribution in [-0.4, -0.2) is 39.0 Å². The van der Waals surface area contributed by atoms with Gasteiger partial charge in [0.05, 0.1) is 18.4 Å². The maximum atomic E-state index is 12.1. The van der Waals surface area contributed by atoms with Gasteiger partial charge >= 0.3 is 5.97 Å². The van der Waals surface area contributed by atoms with Crippen LogP contribution in [0.25, 0.3) is 11.6 Å². The molecule has 0 radical (unpaired) electrons. The van der Waals surface area contributed by atoms with Gasteiger partial charge in [-0.1, -0.05) is 6.07 Å². The Labute approximate surface area is 155 Å². The zero-order valence-corrected chi connectivity index (χ0v) is 15.2. The second kappa shape index (κ2) is 7.81. The summed E-state index contributed by atoms with van der Waals surface area (Å²) in [6, 6.07) is 8.38. The number of aryl methyl sites for hydroxylation is 3.